The van der Waals surface area contributed by atoms with Crippen LogP contribution < -0.4 is 16.3 Å². The van der Waals surface area contributed by atoms with Crippen LogP contribution in [-0.2, 0) is 0 Å². The number of halogens is 6. The van der Waals surface area contributed by atoms with E-state index in [1.54, 1.807) is 49.1 Å². The summed E-state index contributed by atoms with van der Waals surface area (Å²) in [4.78, 5) is 38.7. The first kappa shape index (κ1) is 59.9. The van der Waals surface area contributed by atoms with Gasteiger partial charge in [0.2, 0.25) is 0 Å². The van der Waals surface area contributed by atoms with E-state index in [4.69, 9.17) is 59.9 Å². The number of piperazine rings is 3. The van der Waals surface area contributed by atoms with Gasteiger partial charge in [0.1, 0.15) is 28.8 Å². The molecule has 6 aromatic heterocycles. The molecule has 0 amide bonds. The van der Waals surface area contributed by atoms with E-state index in [1.807, 2.05) is 29.2 Å². The third-order valence-corrected chi connectivity index (χ3v) is 14.4. The fourth-order valence-corrected chi connectivity index (χ4v) is 8.76. The molecule has 408 valence electrons. The maximum atomic E-state index is 13.2. The van der Waals surface area contributed by atoms with Crippen molar-refractivity contribution in [1.82, 2.24) is 75.6 Å². The van der Waals surface area contributed by atoms with Crippen molar-refractivity contribution in [2.24, 2.45) is 15.3 Å². The standard InChI is InChI=1S/C17H18Br2N6S.C17H18Cl2N6S.C17H18F2N6S/c3*1-24-6-8-25(9-7-24)17(26)23-22-16(14-4-2-12(18)10-20-14)15-5-3-13(19)11-21-15/h3*2-5,10-11H,6-9H2,1H3,(H,23,26). The molecule has 3 N–H and O–H groups in total. The van der Waals surface area contributed by atoms with E-state index in [9.17, 15) is 8.78 Å². The van der Waals surface area contributed by atoms with E-state index < -0.39 is 11.6 Å². The Hall–Kier alpha value is -5.74. The topological polar surface area (TPSA) is 170 Å². The van der Waals surface area contributed by atoms with Gasteiger partial charge in [-0.05, 0) is 162 Å². The van der Waals surface area contributed by atoms with Crippen LogP contribution in [0.3, 0.4) is 0 Å². The van der Waals surface area contributed by atoms with Crippen molar-refractivity contribution < 1.29 is 8.78 Å². The van der Waals surface area contributed by atoms with Crippen LogP contribution in [0.15, 0.2) is 134 Å². The largest absolute Gasteiger partial charge is 0.345 e. The van der Waals surface area contributed by atoms with E-state index in [0.29, 0.717) is 65.3 Å². The van der Waals surface area contributed by atoms with Crippen molar-refractivity contribution in [2.45, 2.75) is 0 Å². The van der Waals surface area contributed by atoms with Gasteiger partial charge in [-0.25, -0.2) is 8.78 Å². The highest BCUT2D eigenvalue weighted by Gasteiger charge is 2.21. The highest BCUT2D eigenvalue weighted by atomic mass is 79.9. The van der Waals surface area contributed by atoms with Gasteiger partial charge in [-0.1, -0.05) is 23.2 Å². The third kappa shape index (κ3) is 18.4. The molecule has 0 spiro atoms. The predicted octanol–water partition coefficient (Wildman–Crippen LogP) is 7.16. The lowest BCUT2D eigenvalue weighted by atomic mass is 10.1. The number of hydrazone groups is 3. The van der Waals surface area contributed by atoms with Crippen LogP contribution in [-0.4, -0.2) is 191 Å². The molecule has 9 rings (SSSR count). The zero-order chi connectivity index (χ0) is 55.6. The summed E-state index contributed by atoms with van der Waals surface area (Å²) < 4.78 is 28.2. The molecule has 0 aromatic carbocycles. The lowest BCUT2D eigenvalue weighted by molar-refractivity contribution is 0.214. The minimum Gasteiger partial charge on any atom is -0.345 e. The Labute approximate surface area is 494 Å². The average Bonchev–Trinajstić information content (AvgIpc) is 3.45. The highest BCUT2D eigenvalue weighted by Crippen LogP contribution is 2.16. The number of pyridine rings is 6. The minimum atomic E-state index is -0.457. The lowest BCUT2D eigenvalue weighted by Crippen LogP contribution is -2.49. The van der Waals surface area contributed by atoms with E-state index in [0.717, 1.165) is 111 Å². The Bertz CT molecular complexity index is 2550. The molecule has 3 aliphatic heterocycles. The molecule has 0 radical (unpaired) electrons. The summed E-state index contributed by atoms with van der Waals surface area (Å²) in [6, 6.07) is 20.3. The number of rotatable bonds is 9. The Morgan fingerprint density at radius 2 is 0.667 bits per heavy atom. The molecule has 3 fully saturated rings. The molecule has 78 heavy (non-hydrogen) atoms. The Balaban J connectivity index is 0.000000170. The summed E-state index contributed by atoms with van der Waals surface area (Å²) in [6.45, 7) is 10.9. The molecule has 6 aromatic rings. The normalized spacial score (nSPS) is 14.8. The smallest absolute Gasteiger partial charge is 0.189 e. The zero-order valence-corrected chi connectivity index (χ0v) is 49.7. The summed E-state index contributed by atoms with van der Waals surface area (Å²) in [5, 5.41) is 16.1. The molecule has 0 bridgehead atoms. The SMILES string of the molecule is CN1CCN(C(=S)NN=C(c2ccc(Br)cn2)c2ccc(Br)cn2)CC1.CN1CCN(C(=S)NN=C(c2ccc(Cl)cn2)c2ccc(Cl)cn2)CC1.CN1CCN(C(=S)NN=C(c2ccc(F)cn2)c2ccc(F)cn2)CC1. The highest BCUT2D eigenvalue weighted by molar-refractivity contribution is 9.10. The number of hydrogen-bond acceptors (Lipinski definition) is 15. The van der Waals surface area contributed by atoms with Crippen LogP contribution in [0.1, 0.15) is 34.2 Å². The zero-order valence-electron chi connectivity index (χ0n) is 42.6. The van der Waals surface area contributed by atoms with E-state index in [1.165, 1.54) is 24.3 Å². The van der Waals surface area contributed by atoms with Gasteiger partial charge < -0.3 is 29.4 Å². The fraction of sp³-hybridized carbons (Fsp3) is 0.294. The van der Waals surface area contributed by atoms with Crippen molar-refractivity contribution in [3.63, 3.8) is 0 Å². The van der Waals surface area contributed by atoms with Gasteiger partial charge in [0.05, 0.1) is 56.6 Å². The minimum absolute atomic E-state index is 0.349. The van der Waals surface area contributed by atoms with Crippen LogP contribution in [0.5, 0.6) is 0 Å². The molecule has 0 saturated carbocycles. The van der Waals surface area contributed by atoms with E-state index >= 15 is 0 Å². The molecule has 0 unspecified atom stereocenters. The first-order valence-corrected chi connectivity index (χ1v) is 27.8. The van der Waals surface area contributed by atoms with Crippen molar-refractivity contribution in [3.05, 3.63) is 175 Å². The monoisotopic (exact) mass is 1280 g/mol. The quantitative estimate of drug-likeness (QED) is 0.0757. The number of nitrogens with one attached hydrogen (secondary N) is 3. The van der Waals surface area contributed by atoms with Gasteiger partial charge in [0, 0.05) is 112 Å². The average molecular weight is 1280 g/mol. The Morgan fingerprint density at radius 3 is 0.897 bits per heavy atom. The van der Waals surface area contributed by atoms with Crippen LogP contribution >= 0.6 is 91.7 Å². The predicted molar refractivity (Wildman–Crippen MR) is 322 cm³/mol. The molecule has 18 nitrogen and oxygen atoms in total. The summed E-state index contributed by atoms with van der Waals surface area (Å²) in [5.41, 5.74) is 13.9. The second kappa shape index (κ2) is 30.0. The first-order chi connectivity index (χ1) is 37.6. The summed E-state index contributed by atoms with van der Waals surface area (Å²) in [6.07, 6.45) is 8.80. The van der Waals surface area contributed by atoms with Gasteiger partial charge in [-0.2, -0.15) is 15.3 Å². The molecular weight excluding hydrogens is 1230 g/mol. The lowest BCUT2D eigenvalue weighted by Gasteiger charge is -2.33. The van der Waals surface area contributed by atoms with Crippen molar-refractivity contribution in [2.75, 3.05) is 99.7 Å². The fourth-order valence-electron chi connectivity index (χ4n) is 7.38. The van der Waals surface area contributed by atoms with E-state index in [-0.39, 0.29) is 0 Å². The summed E-state index contributed by atoms with van der Waals surface area (Å²) in [5.74, 6) is -0.915. The van der Waals surface area contributed by atoms with Gasteiger partial charge in [-0.3, -0.25) is 46.2 Å². The number of aromatic nitrogens is 6. The van der Waals surface area contributed by atoms with Gasteiger partial charge in [0.15, 0.2) is 15.3 Å². The molecule has 0 aliphatic carbocycles. The summed E-state index contributed by atoms with van der Waals surface area (Å²) in [7, 11) is 6.27. The van der Waals surface area contributed by atoms with Gasteiger partial charge in [-0.15, -0.1) is 0 Å². The Morgan fingerprint density at radius 1 is 0.410 bits per heavy atom. The Kier molecular flexibility index (Phi) is 23.1. The first-order valence-electron chi connectivity index (χ1n) is 24.2. The number of likely N-dealkylation sites (N-methyl/N-ethyl adjacent to an activating group) is 3. The van der Waals surface area contributed by atoms with Crippen LogP contribution in [0.25, 0.3) is 0 Å². The van der Waals surface area contributed by atoms with E-state index in [2.05, 4.69) is 139 Å². The van der Waals surface area contributed by atoms with Gasteiger partial charge >= 0.3 is 0 Å². The number of hydrogen-bond donors (Lipinski definition) is 3. The van der Waals surface area contributed by atoms with Crippen molar-refractivity contribution >= 4 is 124 Å². The van der Waals surface area contributed by atoms with Crippen molar-refractivity contribution in [1.29, 1.82) is 0 Å². The molecule has 9 heterocycles. The molecular formula is C51H54Br2Cl2F2N18S3. The summed E-state index contributed by atoms with van der Waals surface area (Å²) >= 11 is 35.1. The van der Waals surface area contributed by atoms with Crippen LogP contribution in [0.4, 0.5) is 8.78 Å². The maximum absolute atomic E-state index is 13.2. The number of thiocarbonyl (C=S) groups is 3. The van der Waals surface area contributed by atoms with Crippen LogP contribution in [0.2, 0.25) is 10.0 Å². The van der Waals surface area contributed by atoms with Gasteiger partial charge in [0.25, 0.3) is 0 Å². The second-order valence-corrected chi connectivity index (χ2v) is 21.5. The number of nitrogens with zero attached hydrogens (tertiary/aromatic N) is 15. The van der Waals surface area contributed by atoms with Crippen molar-refractivity contribution in [3.8, 4) is 0 Å². The van der Waals surface area contributed by atoms with Crippen LogP contribution in [0, 0.1) is 11.6 Å². The molecule has 27 heteroatoms. The molecule has 3 saturated heterocycles. The maximum Gasteiger partial charge on any atom is 0.189 e. The third-order valence-electron chi connectivity index (χ3n) is 12.0. The molecule has 3 aliphatic rings. The second-order valence-electron chi connectivity index (χ2n) is 17.7. The molecule has 0 atom stereocenters.